The van der Waals surface area contributed by atoms with Crippen molar-refractivity contribution < 1.29 is 26.4 Å². The summed E-state index contributed by atoms with van der Waals surface area (Å²) >= 11 is 5.52. The molecule has 0 bridgehead atoms. The van der Waals surface area contributed by atoms with E-state index in [1.54, 1.807) is 0 Å². The minimum absolute atomic E-state index is 0.0336. The average molecular weight is 385 g/mol. The monoisotopic (exact) mass is 384 g/mol. The number of nitrogens with zero attached hydrogens (tertiary/aromatic N) is 2. The summed E-state index contributed by atoms with van der Waals surface area (Å²) < 4.78 is 65.1. The van der Waals surface area contributed by atoms with Crippen molar-refractivity contribution in [2.75, 3.05) is 26.2 Å². The van der Waals surface area contributed by atoms with Crippen molar-refractivity contribution in [3.05, 3.63) is 28.8 Å². The van der Waals surface area contributed by atoms with Crippen LogP contribution < -0.4 is 0 Å². The highest BCUT2D eigenvalue weighted by Gasteiger charge is 2.36. The Morgan fingerprint density at radius 3 is 2.42 bits per heavy atom. The van der Waals surface area contributed by atoms with E-state index in [1.807, 2.05) is 0 Å². The van der Waals surface area contributed by atoms with Gasteiger partial charge in [-0.25, -0.2) is 8.42 Å². The van der Waals surface area contributed by atoms with Crippen LogP contribution in [0.5, 0.6) is 0 Å². The summed E-state index contributed by atoms with van der Waals surface area (Å²) in [4.78, 5) is 12.4. The predicted octanol–water partition coefficient (Wildman–Crippen LogP) is 2.60. The maximum absolute atomic E-state index is 12.9. The summed E-state index contributed by atoms with van der Waals surface area (Å²) in [6, 6.07) is 2.53. The van der Waals surface area contributed by atoms with Gasteiger partial charge in [0.25, 0.3) is 0 Å². The van der Waals surface area contributed by atoms with E-state index in [2.05, 4.69) is 0 Å². The SMILES string of the molecule is CC(=O)N1CCCN(S(=O)(=O)c2ccc(Cl)c(C(F)(F)F)c2)CC1. The number of hydrogen-bond acceptors (Lipinski definition) is 3. The number of benzene rings is 1. The van der Waals surface area contributed by atoms with Crippen LogP contribution in [-0.2, 0) is 21.0 Å². The molecule has 1 aliphatic heterocycles. The van der Waals surface area contributed by atoms with Crippen molar-refractivity contribution in [2.24, 2.45) is 0 Å². The fourth-order valence-electron chi connectivity index (χ4n) is 2.48. The Morgan fingerprint density at radius 1 is 1.17 bits per heavy atom. The van der Waals surface area contributed by atoms with Crippen molar-refractivity contribution in [1.82, 2.24) is 9.21 Å². The van der Waals surface area contributed by atoms with Gasteiger partial charge in [0, 0.05) is 33.1 Å². The first-order valence-corrected chi connectivity index (χ1v) is 8.97. The third kappa shape index (κ3) is 4.01. The van der Waals surface area contributed by atoms with E-state index < -0.39 is 31.7 Å². The molecule has 1 heterocycles. The van der Waals surface area contributed by atoms with E-state index in [0.717, 1.165) is 16.4 Å². The van der Waals surface area contributed by atoms with Gasteiger partial charge in [-0.15, -0.1) is 0 Å². The second kappa shape index (κ2) is 6.89. The molecule has 0 atom stereocenters. The molecule has 0 aliphatic carbocycles. The highest BCUT2D eigenvalue weighted by molar-refractivity contribution is 7.89. The van der Waals surface area contributed by atoms with Crippen LogP contribution in [-0.4, -0.2) is 49.7 Å². The third-order valence-corrected chi connectivity index (χ3v) is 6.01. The molecule has 0 saturated carbocycles. The minimum atomic E-state index is -4.74. The third-order valence-electron chi connectivity index (χ3n) is 3.78. The Balaban J connectivity index is 2.32. The van der Waals surface area contributed by atoms with Gasteiger partial charge < -0.3 is 4.90 Å². The van der Waals surface area contributed by atoms with E-state index in [0.29, 0.717) is 19.0 Å². The maximum Gasteiger partial charge on any atom is 0.417 e. The maximum atomic E-state index is 12.9. The van der Waals surface area contributed by atoms with Crippen LogP contribution in [0.1, 0.15) is 18.9 Å². The smallest absolute Gasteiger partial charge is 0.342 e. The van der Waals surface area contributed by atoms with Crippen LogP contribution in [0.25, 0.3) is 0 Å². The topological polar surface area (TPSA) is 57.7 Å². The van der Waals surface area contributed by atoms with Crippen LogP contribution in [0.3, 0.4) is 0 Å². The van der Waals surface area contributed by atoms with Crippen LogP contribution >= 0.6 is 11.6 Å². The molecule has 1 aromatic rings. The lowest BCUT2D eigenvalue weighted by molar-refractivity contribution is -0.137. The molecular formula is C14H16ClF3N2O3S. The van der Waals surface area contributed by atoms with Gasteiger partial charge in [0.1, 0.15) is 0 Å². The first-order valence-electron chi connectivity index (χ1n) is 7.16. The molecule has 0 spiro atoms. The molecule has 0 unspecified atom stereocenters. The molecular weight excluding hydrogens is 369 g/mol. The first kappa shape index (κ1) is 19.0. The number of carbonyl (C=O) groups is 1. The molecule has 1 aliphatic rings. The molecule has 0 aromatic heterocycles. The number of rotatable bonds is 2. The van der Waals surface area contributed by atoms with Crippen LogP contribution in [0.2, 0.25) is 5.02 Å². The van der Waals surface area contributed by atoms with E-state index in [-0.39, 0.29) is 25.5 Å². The number of alkyl halides is 3. The Labute approximate surface area is 143 Å². The molecule has 134 valence electrons. The van der Waals surface area contributed by atoms with Gasteiger partial charge in [-0.05, 0) is 24.6 Å². The number of halogens is 4. The molecule has 2 rings (SSSR count). The molecule has 1 saturated heterocycles. The lowest BCUT2D eigenvalue weighted by Crippen LogP contribution is -2.36. The largest absolute Gasteiger partial charge is 0.417 e. The summed E-state index contributed by atoms with van der Waals surface area (Å²) in [5.74, 6) is -0.167. The highest BCUT2D eigenvalue weighted by Crippen LogP contribution is 2.36. The lowest BCUT2D eigenvalue weighted by Gasteiger charge is -2.21. The number of sulfonamides is 1. The van der Waals surface area contributed by atoms with Crippen LogP contribution in [0.15, 0.2) is 23.1 Å². The molecule has 0 radical (unpaired) electrons. The second-order valence-corrected chi connectivity index (χ2v) is 7.75. The summed E-state index contributed by atoms with van der Waals surface area (Å²) in [5.41, 5.74) is -1.19. The summed E-state index contributed by atoms with van der Waals surface area (Å²) in [6.07, 6.45) is -4.33. The lowest BCUT2D eigenvalue weighted by atomic mass is 10.2. The molecule has 1 aromatic carbocycles. The molecule has 5 nitrogen and oxygen atoms in total. The van der Waals surface area contributed by atoms with Crippen molar-refractivity contribution in [1.29, 1.82) is 0 Å². The zero-order valence-electron chi connectivity index (χ0n) is 12.8. The first-order chi connectivity index (χ1) is 11.0. The van der Waals surface area contributed by atoms with Gasteiger partial charge in [0.15, 0.2) is 0 Å². The standard InChI is InChI=1S/C14H16ClF3N2O3S/c1-10(21)19-5-2-6-20(8-7-19)24(22,23)11-3-4-13(15)12(9-11)14(16,17)18/h3-4,9H,2,5-8H2,1H3. The highest BCUT2D eigenvalue weighted by atomic mass is 35.5. The Kier molecular flexibility index (Phi) is 5.46. The van der Waals surface area contributed by atoms with Crippen LogP contribution in [0, 0.1) is 0 Å². The summed E-state index contributed by atoms with van der Waals surface area (Å²) in [6.45, 7) is 2.17. The fraction of sp³-hybridized carbons (Fsp3) is 0.500. The Morgan fingerprint density at radius 2 is 1.83 bits per heavy atom. The predicted molar refractivity (Wildman–Crippen MR) is 82.1 cm³/mol. The zero-order valence-corrected chi connectivity index (χ0v) is 14.4. The quantitative estimate of drug-likeness (QED) is 0.787. The van der Waals surface area contributed by atoms with Crippen LogP contribution in [0.4, 0.5) is 13.2 Å². The molecule has 0 N–H and O–H groups in total. The van der Waals surface area contributed by atoms with Gasteiger partial charge in [-0.1, -0.05) is 11.6 Å². The van der Waals surface area contributed by atoms with Gasteiger partial charge in [0.2, 0.25) is 15.9 Å². The number of amides is 1. The fourth-order valence-corrected chi connectivity index (χ4v) is 4.20. The molecule has 1 fully saturated rings. The second-order valence-electron chi connectivity index (χ2n) is 5.40. The van der Waals surface area contributed by atoms with Gasteiger partial charge in [0.05, 0.1) is 15.5 Å². The summed E-state index contributed by atoms with van der Waals surface area (Å²) in [7, 11) is -4.10. The Bertz CT molecular complexity index is 737. The summed E-state index contributed by atoms with van der Waals surface area (Å²) in [5, 5.41) is -0.555. The number of hydrogen-bond donors (Lipinski definition) is 0. The van der Waals surface area contributed by atoms with E-state index in [9.17, 15) is 26.4 Å². The van der Waals surface area contributed by atoms with E-state index in [4.69, 9.17) is 11.6 Å². The van der Waals surface area contributed by atoms with Crippen molar-refractivity contribution >= 4 is 27.5 Å². The molecule has 24 heavy (non-hydrogen) atoms. The van der Waals surface area contributed by atoms with E-state index >= 15 is 0 Å². The van der Waals surface area contributed by atoms with Crippen molar-refractivity contribution in [3.8, 4) is 0 Å². The van der Waals surface area contributed by atoms with E-state index in [1.165, 1.54) is 11.8 Å². The molecule has 10 heteroatoms. The normalized spacial score (nSPS) is 17.6. The van der Waals surface area contributed by atoms with Crippen molar-refractivity contribution in [2.45, 2.75) is 24.4 Å². The number of carbonyl (C=O) groups excluding carboxylic acids is 1. The van der Waals surface area contributed by atoms with Gasteiger partial charge in [-0.3, -0.25) is 4.79 Å². The molecule has 1 amide bonds. The van der Waals surface area contributed by atoms with Gasteiger partial charge in [-0.2, -0.15) is 17.5 Å². The minimum Gasteiger partial charge on any atom is -0.342 e. The van der Waals surface area contributed by atoms with Crippen molar-refractivity contribution in [3.63, 3.8) is 0 Å². The zero-order chi connectivity index (χ0) is 18.1. The average Bonchev–Trinajstić information content (AvgIpc) is 2.72. The van der Waals surface area contributed by atoms with Gasteiger partial charge >= 0.3 is 6.18 Å². The Hall–Kier alpha value is -1.32.